The highest BCUT2D eigenvalue weighted by atomic mass is 16.3. The first-order valence-corrected chi connectivity index (χ1v) is 8.88. The number of carbonyl (C=O) groups excluding carboxylic acids is 2. The molecule has 1 aliphatic carbocycles. The smallest absolute Gasteiger partial charge is 0.253 e. The summed E-state index contributed by atoms with van der Waals surface area (Å²) >= 11 is 0. The fraction of sp³-hybridized carbons (Fsp3) is 0.350. The van der Waals surface area contributed by atoms with Crippen molar-refractivity contribution in [2.24, 2.45) is 5.92 Å². The number of benzene rings is 1. The molecule has 1 heterocycles. The number of phenolic OH excluding ortho intramolecular Hbond substituents is 1. The molecule has 0 bridgehead atoms. The molecule has 26 heavy (non-hydrogen) atoms. The number of aromatic nitrogens is 1. The molecule has 0 unspecified atom stereocenters. The monoisotopic (exact) mass is 353 g/mol. The summed E-state index contributed by atoms with van der Waals surface area (Å²) < 4.78 is 0. The predicted octanol–water partition coefficient (Wildman–Crippen LogP) is 2.39. The number of hydrogen-bond acceptors (Lipinski definition) is 4. The van der Waals surface area contributed by atoms with Gasteiger partial charge in [-0.25, -0.2) is 0 Å². The molecule has 0 atom stereocenters. The molecule has 0 radical (unpaired) electrons. The maximum Gasteiger partial charge on any atom is 0.253 e. The van der Waals surface area contributed by atoms with Crippen LogP contribution in [0.3, 0.4) is 0 Å². The molecule has 6 nitrogen and oxygen atoms in total. The maximum atomic E-state index is 12.3. The van der Waals surface area contributed by atoms with Crippen LogP contribution in [0.5, 0.6) is 5.75 Å². The average molecular weight is 353 g/mol. The van der Waals surface area contributed by atoms with E-state index in [1.54, 1.807) is 42.7 Å². The average Bonchev–Trinajstić information content (AvgIpc) is 2.67. The highest BCUT2D eigenvalue weighted by molar-refractivity contribution is 5.94. The van der Waals surface area contributed by atoms with Gasteiger partial charge in [-0.05, 0) is 55.5 Å². The Balaban J connectivity index is 1.43. The van der Waals surface area contributed by atoms with Crippen molar-refractivity contribution >= 4 is 11.8 Å². The van der Waals surface area contributed by atoms with E-state index in [9.17, 15) is 14.7 Å². The van der Waals surface area contributed by atoms with E-state index in [0.29, 0.717) is 12.1 Å². The van der Waals surface area contributed by atoms with Crippen LogP contribution >= 0.6 is 0 Å². The second kappa shape index (κ2) is 8.47. The third-order valence-electron chi connectivity index (χ3n) is 4.73. The highest BCUT2D eigenvalue weighted by Gasteiger charge is 2.27. The normalized spacial score (nSPS) is 19.5. The molecule has 136 valence electrons. The quantitative estimate of drug-likeness (QED) is 0.770. The lowest BCUT2D eigenvalue weighted by Crippen LogP contribution is -2.40. The molecule has 0 saturated heterocycles. The molecule has 1 aliphatic rings. The molecule has 3 N–H and O–H groups in total. The van der Waals surface area contributed by atoms with E-state index >= 15 is 0 Å². The van der Waals surface area contributed by atoms with Gasteiger partial charge in [0.2, 0.25) is 5.91 Å². The lowest BCUT2D eigenvalue weighted by Gasteiger charge is -2.28. The van der Waals surface area contributed by atoms with Crippen LogP contribution in [0.4, 0.5) is 0 Å². The van der Waals surface area contributed by atoms with Gasteiger partial charge in [0.25, 0.3) is 5.91 Å². The molecule has 2 aromatic rings. The number of hydrogen-bond donors (Lipinski definition) is 3. The number of nitrogens with one attached hydrogen (secondary N) is 2. The first-order valence-electron chi connectivity index (χ1n) is 8.88. The van der Waals surface area contributed by atoms with Crippen LogP contribution in [0.15, 0.2) is 48.8 Å². The molecule has 0 aliphatic heterocycles. The third kappa shape index (κ3) is 4.81. The standard InChI is InChI=1S/C20H23N3O3/c24-18-5-1-3-14(11-18)12-22-19(25)15-6-8-17(9-7-15)23-20(26)16-4-2-10-21-13-16/h1-5,10-11,13,15,17,24H,6-9,12H2,(H,22,25)(H,23,26). The molecule has 1 fully saturated rings. The van der Waals surface area contributed by atoms with Gasteiger partial charge in [-0.2, -0.15) is 0 Å². The minimum atomic E-state index is -0.116. The van der Waals surface area contributed by atoms with Crippen LogP contribution in [-0.4, -0.2) is 27.9 Å². The summed E-state index contributed by atoms with van der Waals surface area (Å²) in [5, 5.41) is 15.4. The van der Waals surface area contributed by atoms with Crippen LogP contribution < -0.4 is 10.6 Å². The largest absolute Gasteiger partial charge is 0.508 e. The zero-order valence-electron chi connectivity index (χ0n) is 14.5. The van der Waals surface area contributed by atoms with Crippen LogP contribution in [0.25, 0.3) is 0 Å². The number of pyridine rings is 1. The maximum absolute atomic E-state index is 12.3. The molecule has 1 aromatic carbocycles. The zero-order valence-corrected chi connectivity index (χ0v) is 14.5. The minimum Gasteiger partial charge on any atom is -0.508 e. The van der Waals surface area contributed by atoms with E-state index in [2.05, 4.69) is 15.6 Å². The first-order chi connectivity index (χ1) is 12.6. The van der Waals surface area contributed by atoms with Crippen molar-refractivity contribution in [3.05, 3.63) is 59.9 Å². The Bertz CT molecular complexity index is 756. The SMILES string of the molecule is O=C(NC1CCC(C(=O)NCc2cccc(O)c2)CC1)c1cccnc1. The Morgan fingerprint density at radius 1 is 1.12 bits per heavy atom. The summed E-state index contributed by atoms with van der Waals surface area (Å²) in [6, 6.07) is 10.4. The van der Waals surface area contributed by atoms with Crippen molar-refractivity contribution in [3.63, 3.8) is 0 Å². The molecule has 3 rings (SSSR count). The van der Waals surface area contributed by atoms with Crippen molar-refractivity contribution in [2.75, 3.05) is 0 Å². The predicted molar refractivity (Wildman–Crippen MR) is 97.4 cm³/mol. The summed E-state index contributed by atoms with van der Waals surface area (Å²) in [6.07, 6.45) is 6.27. The van der Waals surface area contributed by atoms with E-state index in [4.69, 9.17) is 0 Å². The number of phenols is 1. The second-order valence-electron chi connectivity index (χ2n) is 6.65. The number of amides is 2. The van der Waals surface area contributed by atoms with Gasteiger partial charge >= 0.3 is 0 Å². The Morgan fingerprint density at radius 3 is 2.62 bits per heavy atom. The molecule has 6 heteroatoms. The van der Waals surface area contributed by atoms with Gasteiger partial charge in [0, 0.05) is 30.9 Å². The topological polar surface area (TPSA) is 91.3 Å². The van der Waals surface area contributed by atoms with Crippen molar-refractivity contribution < 1.29 is 14.7 Å². The fourth-order valence-electron chi connectivity index (χ4n) is 3.27. The lowest BCUT2D eigenvalue weighted by molar-refractivity contribution is -0.126. The lowest BCUT2D eigenvalue weighted by atomic mass is 9.85. The highest BCUT2D eigenvalue weighted by Crippen LogP contribution is 2.25. The molecule has 1 saturated carbocycles. The Hall–Kier alpha value is -2.89. The summed E-state index contributed by atoms with van der Waals surface area (Å²) in [4.78, 5) is 28.5. The zero-order chi connectivity index (χ0) is 18.4. The fourth-order valence-corrected chi connectivity index (χ4v) is 3.27. The van der Waals surface area contributed by atoms with Gasteiger partial charge < -0.3 is 15.7 Å². The number of aromatic hydroxyl groups is 1. The van der Waals surface area contributed by atoms with Gasteiger partial charge in [0.1, 0.15) is 5.75 Å². The Morgan fingerprint density at radius 2 is 1.92 bits per heavy atom. The number of rotatable bonds is 5. The van der Waals surface area contributed by atoms with Crippen LogP contribution in [0, 0.1) is 5.92 Å². The van der Waals surface area contributed by atoms with E-state index in [0.717, 1.165) is 31.2 Å². The first kappa shape index (κ1) is 17.9. The van der Waals surface area contributed by atoms with E-state index in [1.165, 1.54) is 0 Å². The summed E-state index contributed by atoms with van der Waals surface area (Å²) in [5.74, 6) is 0.0840. The molecule has 2 amide bonds. The van der Waals surface area contributed by atoms with E-state index < -0.39 is 0 Å². The van der Waals surface area contributed by atoms with Gasteiger partial charge in [0.05, 0.1) is 5.56 Å². The summed E-state index contributed by atoms with van der Waals surface area (Å²) in [7, 11) is 0. The molecular formula is C20H23N3O3. The third-order valence-corrected chi connectivity index (χ3v) is 4.73. The Kier molecular flexibility index (Phi) is 5.84. The van der Waals surface area contributed by atoms with Crippen LogP contribution in [0.2, 0.25) is 0 Å². The van der Waals surface area contributed by atoms with Crippen LogP contribution in [-0.2, 0) is 11.3 Å². The van der Waals surface area contributed by atoms with Gasteiger partial charge in [-0.15, -0.1) is 0 Å². The molecular weight excluding hydrogens is 330 g/mol. The second-order valence-corrected chi connectivity index (χ2v) is 6.65. The molecule has 1 aromatic heterocycles. The number of nitrogens with zero attached hydrogens (tertiary/aromatic N) is 1. The van der Waals surface area contributed by atoms with Crippen molar-refractivity contribution in [1.82, 2.24) is 15.6 Å². The van der Waals surface area contributed by atoms with Gasteiger partial charge in [-0.3, -0.25) is 14.6 Å². The van der Waals surface area contributed by atoms with E-state index in [1.807, 2.05) is 6.07 Å². The number of carbonyl (C=O) groups is 2. The summed E-state index contributed by atoms with van der Waals surface area (Å²) in [5.41, 5.74) is 1.43. The van der Waals surface area contributed by atoms with Gasteiger partial charge in [0.15, 0.2) is 0 Å². The van der Waals surface area contributed by atoms with Crippen molar-refractivity contribution in [1.29, 1.82) is 0 Å². The molecule has 0 spiro atoms. The van der Waals surface area contributed by atoms with Gasteiger partial charge in [-0.1, -0.05) is 12.1 Å². The van der Waals surface area contributed by atoms with Crippen molar-refractivity contribution in [3.8, 4) is 5.75 Å². The Labute approximate surface area is 152 Å². The minimum absolute atomic E-state index is 0.0288. The van der Waals surface area contributed by atoms with Crippen LogP contribution in [0.1, 0.15) is 41.6 Å². The van der Waals surface area contributed by atoms with E-state index in [-0.39, 0.29) is 29.5 Å². The summed E-state index contributed by atoms with van der Waals surface area (Å²) in [6.45, 7) is 0.408. The van der Waals surface area contributed by atoms with Crippen molar-refractivity contribution in [2.45, 2.75) is 38.3 Å².